The van der Waals surface area contributed by atoms with Gasteiger partial charge in [-0.2, -0.15) is 9.47 Å². The van der Waals surface area contributed by atoms with Gasteiger partial charge in [0.05, 0.1) is 22.7 Å². The minimum absolute atomic E-state index is 0.920. The van der Waals surface area contributed by atoms with Gasteiger partial charge in [-0.25, -0.2) is 9.50 Å². The van der Waals surface area contributed by atoms with Crippen LogP contribution < -0.4 is 0 Å². The lowest BCUT2D eigenvalue weighted by Gasteiger charge is -2.09. The zero-order valence-corrected chi connectivity index (χ0v) is 22.6. The number of rotatable bonds is 3. The molecular formula is C35H21N5S. The maximum Gasteiger partial charge on any atom is 0.137 e. The molecule has 0 aliphatic rings. The van der Waals surface area contributed by atoms with Gasteiger partial charge in [0.1, 0.15) is 16.9 Å². The largest absolute Gasteiger partial charge is 0.294 e. The summed E-state index contributed by atoms with van der Waals surface area (Å²) in [6.07, 6.45) is 3.83. The van der Waals surface area contributed by atoms with Crippen molar-refractivity contribution < 1.29 is 0 Å². The van der Waals surface area contributed by atoms with Crippen LogP contribution in [0.2, 0.25) is 0 Å². The highest BCUT2D eigenvalue weighted by Gasteiger charge is 2.17. The first-order valence-corrected chi connectivity index (χ1v) is 14.4. The van der Waals surface area contributed by atoms with Crippen LogP contribution in [0, 0.1) is 0 Å². The van der Waals surface area contributed by atoms with Gasteiger partial charge in [-0.3, -0.25) is 4.57 Å². The zero-order chi connectivity index (χ0) is 26.9. The first-order chi connectivity index (χ1) is 20.3. The Bertz CT molecular complexity index is 2430. The molecule has 41 heavy (non-hydrogen) atoms. The Labute approximate surface area is 238 Å². The molecule has 0 N–H and O–H groups in total. The Hall–Kier alpha value is -5.33. The highest BCUT2D eigenvalue weighted by atomic mass is 32.1. The van der Waals surface area contributed by atoms with Crippen molar-refractivity contribution in [3.05, 3.63) is 127 Å². The van der Waals surface area contributed by atoms with E-state index in [1.807, 2.05) is 29.0 Å². The molecule has 0 saturated carbocycles. The summed E-state index contributed by atoms with van der Waals surface area (Å²) in [4.78, 5) is 4.66. The number of hydrogen-bond acceptors (Lipinski definition) is 4. The molecule has 0 radical (unpaired) electrons. The fraction of sp³-hybridized carbons (Fsp3) is 0. The Balaban J connectivity index is 1.24. The zero-order valence-electron chi connectivity index (χ0n) is 21.8. The van der Waals surface area contributed by atoms with Crippen LogP contribution in [0.4, 0.5) is 0 Å². The molecule has 0 saturated heterocycles. The summed E-state index contributed by atoms with van der Waals surface area (Å²) in [5.74, 6) is 0.920. The normalized spacial score (nSPS) is 11.9. The van der Waals surface area contributed by atoms with Crippen molar-refractivity contribution in [1.82, 2.24) is 23.5 Å². The van der Waals surface area contributed by atoms with E-state index >= 15 is 0 Å². The van der Waals surface area contributed by atoms with Crippen LogP contribution in [0.1, 0.15) is 0 Å². The number of para-hydroxylation sites is 1. The second-order valence-electron chi connectivity index (χ2n) is 10.3. The Morgan fingerprint density at radius 2 is 1.37 bits per heavy atom. The van der Waals surface area contributed by atoms with Gasteiger partial charge in [0.15, 0.2) is 0 Å². The number of aromatic nitrogens is 5. The van der Waals surface area contributed by atoms with Crippen LogP contribution in [0.25, 0.3) is 77.2 Å². The number of nitrogens with zero attached hydrogens (tertiary/aromatic N) is 5. The van der Waals surface area contributed by atoms with Gasteiger partial charge < -0.3 is 0 Å². The van der Waals surface area contributed by atoms with Crippen molar-refractivity contribution in [2.45, 2.75) is 0 Å². The average molecular weight is 544 g/mol. The molecule has 0 unspecified atom stereocenters. The van der Waals surface area contributed by atoms with Crippen LogP contribution in [-0.4, -0.2) is 23.5 Å². The number of fused-ring (bicyclic) bond motifs is 9. The summed E-state index contributed by atoms with van der Waals surface area (Å²) in [6, 6.07) is 38.6. The van der Waals surface area contributed by atoms with Crippen LogP contribution in [0.15, 0.2) is 127 Å². The van der Waals surface area contributed by atoms with Crippen molar-refractivity contribution in [2.24, 2.45) is 0 Å². The molecule has 5 nitrogen and oxygen atoms in total. The van der Waals surface area contributed by atoms with E-state index in [0.29, 0.717) is 0 Å². The smallest absolute Gasteiger partial charge is 0.137 e. The predicted octanol–water partition coefficient (Wildman–Crippen LogP) is 8.92. The first-order valence-electron chi connectivity index (χ1n) is 13.5. The van der Waals surface area contributed by atoms with E-state index in [1.165, 1.54) is 33.4 Å². The van der Waals surface area contributed by atoms with Crippen molar-refractivity contribution in [2.75, 3.05) is 0 Å². The topological polar surface area (TPSA) is 48.0 Å². The van der Waals surface area contributed by atoms with Crippen molar-refractivity contribution >= 4 is 60.7 Å². The molecule has 0 spiro atoms. The number of hydrogen-bond donors (Lipinski definition) is 0. The highest BCUT2D eigenvalue weighted by Crippen LogP contribution is 2.38. The summed E-state index contributed by atoms with van der Waals surface area (Å²) in [6.45, 7) is 0. The molecule has 9 rings (SSSR count). The molecule has 0 fully saturated rings. The average Bonchev–Trinajstić information content (AvgIpc) is 3.78. The maximum absolute atomic E-state index is 4.83. The summed E-state index contributed by atoms with van der Waals surface area (Å²) in [5, 5.41) is 11.7. The lowest BCUT2D eigenvalue weighted by atomic mass is 9.97. The Kier molecular flexibility index (Phi) is 4.71. The Morgan fingerprint density at radius 3 is 2.27 bits per heavy atom. The van der Waals surface area contributed by atoms with Crippen LogP contribution >= 0.6 is 11.5 Å². The van der Waals surface area contributed by atoms with Crippen molar-refractivity contribution in [1.29, 1.82) is 0 Å². The Morgan fingerprint density at radius 1 is 0.585 bits per heavy atom. The minimum Gasteiger partial charge on any atom is -0.294 e. The van der Waals surface area contributed by atoms with E-state index in [0.717, 1.165) is 55.3 Å². The molecule has 9 aromatic rings. The summed E-state index contributed by atoms with van der Waals surface area (Å²) in [5.41, 5.74) is 10.0. The number of pyridine rings is 2. The first kappa shape index (κ1) is 22.5. The molecule has 0 aliphatic carbocycles. The van der Waals surface area contributed by atoms with Gasteiger partial charge in [0.25, 0.3) is 0 Å². The molecule has 0 amide bonds. The molecular weight excluding hydrogens is 522 g/mol. The van der Waals surface area contributed by atoms with Gasteiger partial charge in [0.2, 0.25) is 0 Å². The third kappa shape index (κ3) is 3.25. The molecule has 6 heteroatoms. The maximum atomic E-state index is 4.83. The second-order valence-corrected chi connectivity index (χ2v) is 10.9. The van der Waals surface area contributed by atoms with E-state index < -0.39 is 0 Å². The van der Waals surface area contributed by atoms with Crippen LogP contribution in [0.5, 0.6) is 0 Å². The molecule has 5 aromatic heterocycles. The van der Waals surface area contributed by atoms with E-state index in [9.17, 15) is 0 Å². The molecule has 5 heterocycles. The van der Waals surface area contributed by atoms with E-state index in [-0.39, 0.29) is 0 Å². The summed E-state index contributed by atoms with van der Waals surface area (Å²) >= 11 is 1.47. The summed E-state index contributed by atoms with van der Waals surface area (Å²) in [7, 11) is 0. The third-order valence-electron chi connectivity index (χ3n) is 8.04. The van der Waals surface area contributed by atoms with E-state index in [4.69, 9.17) is 5.10 Å². The van der Waals surface area contributed by atoms with Crippen LogP contribution in [0.3, 0.4) is 0 Å². The van der Waals surface area contributed by atoms with Gasteiger partial charge in [-0.15, -0.1) is 0 Å². The summed E-state index contributed by atoms with van der Waals surface area (Å²) < 4.78 is 8.96. The van der Waals surface area contributed by atoms with Crippen molar-refractivity contribution in [3.63, 3.8) is 0 Å². The molecule has 0 bridgehead atoms. The fourth-order valence-corrected chi connectivity index (χ4v) is 6.88. The van der Waals surface area contributed by atoms with Gasteiger partial charge in [0, 0.05) is 38.7 Å². The quantitative estimate of drug-likeness (QED) is 0.223. The minimum atomic E-state index is 0.920. The lowest BCUT2D eigenvalue weighted by Crippen LogP contribution is -1.96. The predicted molar refractivity (Wildman–Crippen MR) is 169 cm³/mol. The van der Waals surface area contributed by atoms with E-state index in [1.54, 1.807) is 0 Å². The monoisotopic (exact) mass is 543 g/mol. The fourth-order valence-electron chi connectivity index (χ4n) is 6.22. The van der Waals surface area contributed by atoms with E-state index in [2.05, 4.69) is 116 Å². The molecule has 4 aromatic carbocycles. The van der Waals surface area contributed by atoms with Gasteiger partial charge >= 0.3 is 0 Å². The van der Waals surface area contributed by atoms with Gasteiger partial charge in [-0.1, -0.05) is 72.8 Å². The lowest BCUT2D eigenvalue weighted by molar-refractivity contribution is 1.01. The van der Waals surface area contributed by atoms with Crippen LogP contribution in [-0.2, 0) is 0 Å². The third-order valence-corrected chi connectivity index (χ3v) is 8.66. The molecule has 0 atom stereocenters. The van der Waals surface area contributed by atoms with Gasteiger partial charge in [-0.05, 0) is 64.6 Å². The number of benzene rings is 4. The standard InChI is InChI=1S/C35H21N5S/c1-2-12-27-26(11-1)34-32(21-41-38-34)40-35(27)29(20-37-40)24-9-7-8-22(18-24)23-15-16-31-28(19-23)25-10-3-4-13-30(25)39(31)33-14-5-6-17-36-33/h1-21H. The van der Waals surface area contributed by atoms with Crippen molar-refractivity contribution in [3.8, 4) is 28.1 Å². The molecule has 192 valence electrons. The molecule has 0 aliphatic heterocycles. The second kappa shape index (κ2) is 8.58. The highest BCUT2D eigenvalue weighted by molar-refractivity contribution is 7.04. The SMILES string of the molecule is c1ccc(-n2c3ccccc3c3cc(-c4cccc(-c5cnn6c7csnc7c7ccccc7c56)c4)ccc32)nc1.